The van der Waals surface area contributed by atoms with Crippen molar-refractivity contribution in [2.24, 2.45) is 0 Å². The van der Waals surface area contributed by atoms with E-state index in [4.69, 9.17) is 9.52 Å². The molecule has 0 spiro atoms. The number of amides is 1. The van der Waals surface area contributed by atoms with Crippen LogP contribution in [0.3, 0.4) is 0 Å². The summed E-state index contributed by atoms with van der Waals surface area (Å²) in [5, 5.41) is 11.7. The zero-order valence-corrected chi connectivity index (χ0v) is 12.9. The molecule has 122 valence electrons. The maximum atomic E-state index is 13.0. The Morgan fingerprint density at radius 2 is 1.96 bits per heavy atom. The normalized spacial score (nSPS) is 12.0. The van der Waals surface area contributed by atoms with E-state index < -0.39 is 23.7 Å². The van der Waals surface area contributed by atoms with Gasteiger partial charge in [0.15, 0.2) is 5.76 Å². The number of aryl methyl sites for hydroxylation is 2. The van der Waals surface area contributed by atoms with Gasteiger partial charge in [-0.15, -0.1) is 0 Å². The van der Waals surface area contributed by atoms with Crippen molar-refractivity contribution in [2.75, 3.05) is 0 Å². The summed E-state index contributed by atoms with van der Waals surface area (Å²) in [4.78, 5) is 23.4. The van der Waals surface area contributed by atoms with E-state index in [1.54, 1.807) is 13.0 Å². The highest BCUT2D eigenvalue weighted by molar-refractivity contribution is 5.93. The molecule has 0 saturated carbocycles. The van der Waals surface area contributed by atoms with Gasteiger partial charge in [0.2, 0.25) is 0 Å². The van der Waals surface area contributed by atoms with Gasteiger partial charge in [-0.3, -0.25) is 9.59 Å². The van der Waals surface area contributed by atoms with Gasteiger partial charge in [-0.25, -0.2) is 4.39 Å². The summed E-state index contributed by atoms with van der Waals surface area (Å²) < 4.78 is 18.5. The molecule has 23 heavy (non-hydrogen) atoms. The monoisotopic (exact) mass is 319 g/mol. The Labute approximate surface area is 133 Å². The highest BCUT2D eigenvalue weighted by atomic mass is 19.1. The topological polar surface area (TPSA) is 79.5 Å². The van der Waals surface area contributed by atoms with Crippen molar-refractivity contribution in [3.8, 4) is 0 Å². The first kappa shape index (κ1) is 16.7. The molecule has 6 heteroatoms. The third kappa shape index (κ3) is 4.18. The van der Waals surface area contributed by atoms with Gasteiger partial charge in [-0.1, -0.05) is 19.1 Å². The first-order valence-electron chi connectivity index (χ1n) is 7.28. The Hall–Kier alpha value is -2.63. The number of carboxylic acids is 1. The molecule has 0 radical (unpaired) electrons. The fourth-order valence-corrected chi connectivity index (χ4v) is 2.29. The van der Waals surface area contributed by atoms with Gasteiger partial charge >= 0.3 is 5.97 Å². The van der Waals surface area contributed by atoms with Gasteiger partial charge in [0.25, 0.3) is 5.91 Å². The van der Waals surface area contributed by atoms with Gasteiger partial charge in [0.05, 0.1) is 12.5 Å². The van der Waals surface area contributed by atoms with Crippen molar-refractivity contribution in [1.29, 1.82) is 0 Å². The number of rotatable bonds is 6. The standard InChI is InChI=1S/C17H18FNO4/c1-3-13-8-10(2)16(23-13)17(22)19-14(9-15(20)21)11-4-6-12(18)7-5-11/h4-8,14H,3,9H2,1-2H3,(H,19,22)(H,20,21). The first-order valence-corrected chi connectivity index (χ1v) is 7.28. The smallest absolute Gasteiger partial charge is 0.305 e. The summed E-state index contributed by atoms with van der Waals surface area (Å²) in [7, 11) is 0. The maximum absolute atomic E-state index is 13.0. The Kier molecular flexibility index (Phi) is 5.16. The average Bonchev–Trinajstić information content (AvgIpc) is 2.88. The van der Waals surface area contributed by atoms with Crippen molar-refractivity contribution in [1.82, 2.24) is 5.32 Å². The van der Waals surface area contributed by atoms with Gasteiger partial charge in [0, 0.05) is 12.0 Å². The predicted octanol–water partition coefficient (Wildman–Crippen LogP) is 3.24. The summed E-state index contributed by atoms with van der Waals surface area (Å²) in [6, 6.07) is 6.37. The van der Waals surface area contributed by atoms with Crippen LogP contribution in [-0.4, -0.2) is 17.0 Å². The van der Waals surface area contributed by atoms with Gasteiger partial charge in [-0.05, 0) is 30.7 Å². The van der Waals surface area contributed by atoms with Gasteiger partial charge in [-0.2, -0.15) is 0 Å². The lowest BCUT2D eigenvalue weighted by Gasteiger charge is -2.17. The quantitative estimate of drug-likeness (QED) is 0.856. The molecule has 0 aliphatic rings. The van der Waals surface area contributed by atoms with Crippen molar-refractivity contribution in [3.63, 3.8) is 0 Å². The van der Waals surface area contributed by atoms with E-state index in [2.05, 4.69) is 5.32 Å². The van der Waals surface area contributed by atoms with Crippen LogP contribution in [0.15, 0.2) is 34.7 Å². The molecule has 1 heterocycles. The maximum Gasteiger partial charge on any atom is 0.305 e. The van der Waals surface area contributed by atoms with E-state index in [9.17, 15) is 14.0 Å². The lowest BCUT2D eigenvalue weighted by Crippen LogP contribution is -2.30. The molecule has 0 bridgehead atoms. The molecule has 1 unspecified atom stereocenters. The summed E-state index contributed by atoms with van der Waals surface area (Å²) in [5.41, 5.74) is 1.20. The minimum atomic E-state index is -1.06. The molecule has 0 aliphatic heterocycles. The minimum absolute atomic E-state index is 0.166. The summed E-state index contributed by atoms with van der Waals surface area (Å²) >= 11 is 0. The predicted molar refractivity (Wildman–Crippen MR) is 81.7 cm³/mol. The summed E-state index contributed by atoms with van der Waals surface area (Å²) in [6.45, 7) is 3.66. The van der Waals surface area contributed by atoms with E-state index in [-0.39, 0.29) is 12.2 Å². The Morgan fingerprint density at radius 1 is 1.30 bits per heavy atom. The second kappa shape index (κ2) is 7.09. The van der Waals surface area contributed by atoms with E-state index in [1.807, 2.05) is 6.92 Å². The van der Waals surface area contributed by atoms with E-state index in [1.165, 1.54) is 24.3 Å². The summed E-state index contributed by atoms with van der Waals surface area (Å²) in [6.07, 6.45) is 0.350. The molecule has 1 amide bonds. The highest BCUT2D eigenvalue weighted by Gasteiger charge is 2.22. The molecule has 0 aliphatic carbocycles. The average molecular weight is 319 g/mol. The minimum Gasteiger partial charge on any atom is -0.481 e. The number of benzene rings is 1. The second-order valence-corrected chi connectivity index (χ2v) is 5.25. The fourth-order valence-electron chi connectivity index (χ4n) is 2.29. The van der Waals surface area contributed by atoms with Crippen molar-refractivity contribution < 1.29 is 23.5 Å². The zero-order chi connectivity index (χ0) is 17.0. The number of furan rings is 1. The lowest BCUT2D eigenvalue weighted by molar-refractivity contribution is -0.137. The Morgan fingerprint density at radius 3 is 2.48 bits per heavy atom. The number of aliphatic carboxylic acids is 1. The molecule has 1 atom stereocenters. The van der Waals surface area contributed by atoms with Crippen LogP contribution >= 0.6 is 0 Å². The molecule has 1 aromatic heterocycles. The lowest BCUT2D eigenvalue weighted by atomic mass is 10.0. The largest absolute Gasteiger partial charge is 0.481 e. The summed E-state index contributed by atoms with van der Waals surface area (Å²) in [5.74, 6) is -1.13. The van der Waals surface area contributed by atoms with Crippen molar-refractivity contribution in [3.05, 3.63) is 58.8 Å². The molecule has 2 N–H and O–H groups in total. The second-order valence-electron chi connectivity index (χ2n) is 5.25. The van der Waals surface area contributed by atoms with Crippen LogP contribution in [0.1, 0.15) is 46.8 Å². The van der Waals surface area contributed by atoms with Crippen LogP contribution in [0.4, 0.5) is 4.39 Å². The molecule has 2 rings (SSSR count). The van der Waals surface area contributed by atoms with Crippen LogP contribution in [0.25, 0.3) is 0 Å². The number of hydrogen-bond donors (Lipinski definition) is 2. The Balaban J connectivity index is 2.22. The molecule has 0 fully saturated rings. The number of carbonyl (C=O) groups is 2. The molecule has 0 saturated heterocycles. The van der Waals surface area contributed by atoms with Gasteiger partial charge in [0.1, 0.15) is 11.6 Å². The molecular formula is C17H18FNO4. The van der Waals surface area contributed by atoms with E-state index in [0.717, 1.165) is 0 Å². The van der Waals surface area contributed by atoms with Crippen molar-refractivity contribution in [2.45, 2.75) is 32.7 Å². The van der Waals surface area contributed by atoms with E-state index >= 15 is 0 Å². The number of carboxylic acid groups (broad SMARTS) is 1. The Bertz CT molecular complexity index is 706. The molecular weight excluding hydrogens is 301 g/mol. The number of halogens is 1. The molecule has 5 nitrogen and oxygen atoms in total. The molecule has 2 aromatic rings. The van der Waals surface area contributed by atoms with Crippen LogP contribution < -0.4 is 5.32 Å². The van der Waals surface area contributed by atoms with E-state index in [0.29, 0.717) is 23.3 Å². The highest BCUT2D eigenvalue weighted by Crippen LogP contribution is 2.20. The number of nitrogens with one attached hydrogen (secondary N) is 1. The molecule has 1 aromatic carbocycles. The third-order valence-electron chi connectivity index (χ3n) is 3.48. The van der Waals surface area contributed by atoms with Crippen LogP contribution in [0.2, 0.25) is 0 Å². The third-order valence-corrected chi connectivity index (χ3v) is 3.48. The fraction of sp³-hybridized carbons (Fsp3) is 0.294. The number of carbonyl (C=O) groups excluding carboxylic acids is 1. The van der Waals surface area contributed by atoms with Gasteiger partial charge < -0.3 is 14.8 Å². The van der Waals surface area contributed by atoms with Crippen molar-refractivity contribution >= 4 is 11.9 Å². The van der Waals surface area contributed by atoms with Crippen LogP contribution in [0.5, 0.6) is 0 Å². The zero-order valence-electron chi connectivity index (χ0n) is 12.9. The number of hydrogen-bond acceptors (Lipinski definition) is 3. The SMILES string of the molecule is CCc1cc(C)c(C(=O)NC(CC(=O)O)c2ccc(F)cc2)o1. The first-order chi connectivity index (χ1) is 10.9. The van der Waals surface area contributed by atoms with Crippen LogP contribution in [-0.2, 0) is 11.2 Å². The van der Waals surface area contributed by atoms with Crippen LogP contribution in [0, 0.1) is 12.7 Å².